The molecule has 0 radical (unpaired) electrons. The Morgan fingerprint density at radius 2 is 0.857 bits per heavy atom. The van der Waals surface area contributed by atoms with Crippen molar-refractivity contribution in [3.05, 3.63) is 0 Å². The van der Waals surface area contributed by atoms with Gasteiger partial charge in [0, 0.05) is 6.61 Å². The van der Waals surface area contributed by atoms with E-state index in [1.54, 1.807) is 44.9 Å². The van der Waals surface area contributed by atoms with Crippen molar-refractivity contribution >= 4 is 0 Å². The SMILES string of the molecule is C.CCO.CN(C)CO.CN(C)CO. The Morgan fingerprint density at radius 3 is 0.857 bits per heavy atom. The molecular formula is C9H28N2O3. The van der Waals surface area contributed by atoms with Crippen molar-refractivity contribution < 1.29 is 15.3 Å². The zero-order chi connectivity index (χ0) is 11.3. The fraction of sp³-hybridized carbons (Fsp3) is 1.00. The van der Waals surface area contributed by atoms with Gasteiger partial charge in [0.2, 0.25) is 0 Å². The molecule has 0 fully saturated rings. The van der Waals surface area contributed by atoms with Gasteiger partial charge in [0.25, 0.3) is 0 Å². The Morgan fingerprint density at radius 1 is 0.786 bits per heavy atom. The summed E-state index contributed by atoms with van der Waals surface area (Å²) >= 11 is 0. The topological polar surface area (TPSA) is 67.2 Å². The monoisotopic (exact) mass is 212 g/mol. The Labute approximate surface area is 88.6 Å². The quantitative estimate of drug-likeness (QED) is 0.545. The van der Waals surface area contributed by atoms with Gasteiger partial charge in [-0.15, -0.1) is 0 Å². The van der Waals surface area contributed by atoms with Gasteiger partial charge in [0.15, 0.2) is 0 Å². The number of aliphatic hydroxyl groups excluding tert-OH is 3. The minimum Gasteiger partial charge on any atom is -0.397 e. The molecule has 0 rings (SSSR count). The average Bonchev–Trinajstić information content (AvgIpc) is 2.07. The minimum absolute atomic E-state index is 0. The standard InChI is InChI=1S/2C3H9NO.C2H6O.CH4/c2*1-4(2)3-5;1-2-3;/h2*5H,3H2,1-2H3;3H,2H2,1H3;1H4. The van der Waals surface area contributed by atoms with E-state index in [-0.39, 0.29) is 27.5 Å². The molecule has 0 heterocycles. The van der Waals surface area contributed by atoms with Gasteiger partial charge in [0.05, 0.1) is 13.5 Å². The Hall–Kier alpha value is -0.200. The first-order valence-electron chi connectivity index (χ1n) is 4.08. The summed E-state index contributed by atoms with van der Waals surface area (Å²) in [5.74, 6) is 0. The van der Waals surface area contributed by atoms with E-state index >= 15 is 0 Å². The Balaban J connectivity index is -0.0000000535. The summed E-state index contributed by atoms with van der Waals surface area (Å²) < 4.78 is 0. The molecule has 0 aliphatic carbocycles. The highest BCUT2D eigenvalue weighted by molar-refractivity contribution is 4.17. The molecule has 92 valence electrons. The highest BCUT2D eigenvalue weighted by Gasteiger charge is 1.73. The third-order valence-corrected chi connectivity index (χ3v) is 0.566. The van der Waals surface area contributed by atoms with Crippen LogP contribution < -0.4 is 0 Å². The smallest absolute Gasteiger partial charge is 0.0951 e. The van der Waals surface area contributed by atoms with Gasteiger partial charge in [0.1, 0.15) is 0 Å². The highest BCUT2D eigenvalue weighted by Crippen LogP contribution is 1.60. The molecule has 0 bridgehead atoms. The molecule has 14 heavy (non-hydrogen) atoms. The third kappa shape index (κ3) is 95.3. The van der Waals surface area contributed by atoms with Crippen molar-refractivity contribution in [2.24, 2.45) is 0 Å². The largest absolute Gasteiger partial charge is 0.397 e. The summed E-state index contributed by atoms with van der Waals surface area (Å²) in [6.45, 7) is 2.21. The lowest BCUT2D eigenvalue weighted by Gasteiger charge is -1.99. The third-order valence-electron chi connectivity index (χ3n) is 0.566. The summed E-state index contributed by atoms with van der Waals surface area (Å²) in [7, 11) is 7.22. The van der Waals surface area contributed by atoms with Gasteiger partial charge in [-0.2, -0.15) is 0 Å². The van der Waals surface area contributed by atoms with Crippen molar-refractivity contribution in [2.45, 2.75) is 14.4 Å². The fourth-order valence-electron chi connectivity index (χ4n) is 0. The van der Waals surface area contributed by atoms with Gasteiger partial charge in [-0.1, -0.05) is 7.43 Å². The van der Waals surface area contributed by atoms with Gasteiger partial charge in [-0.05, 0) is 35.1 Å². The zero-order valence-corrected chi connectivity index (χ0v) is 9.36. The van der Waals surface area contributed by atoms with Gasteiger partial charge < -0.3 is 15.3 Å². The summed E-state index contributed by atoms with van der Waals surface area (Å²) in [6, 6.07) is 0. The van der Waals surface area contributed by atoms with E-state index < -0.39 is 0 Å². The van der Waals surface area contributed by atoms with Gasteiger partial charge >= 0.3 is 0 Å². The molecule has 5 nitrogen and oxygen atoms in total. The number of nitrogens with zero attached hydrogens (tertiary/aromatic N) is 2. The molecule has 0 atom stereocenters. The molecule has 0 saturated heterocycles. The molecule has 0 aromatic carbocycles. The molecule has 0 spiro atoms. The lowest BCUT2D eigenvalue weighted by molar-refractivity contribution is 0.157. The van der Waals surface area contributed by atoms with Crippen LogP contribution in [0.15, 0.2) is 0 Å². The first-order chi connectivity index (χ1) is 5.95. The number of rotatable bonds is 2. The van der Waals surface area contributed by atoms with E-state index in [2.05, 4.69) is 0 Å². The Kier molecular flexibility index (Phi) is 38.7. The van der Waals surface area contributed by atoms with Crippen LogP contribution in [0.25, 0.3) is 0 Å². The number of hydrogen-bond donors (Lipinski definition) is 3. The average molecular weight is 212 g/mol. The van der Waals surface area contributed by atoms with Gasteiger partial charge in [-0.25, -0.2) is 0 Å². The van der Waals surface area contributed by atoms with Crippen molar-refractivity contribution in [3.63, 3.8) is 0 Å². The predicted molar refractivity (Wildman–Crippen MR) is 61.0 cm³/mol. The molecule has 0 aliphatic heterocycles. The molecule has 0 aliphatic rings. The second-order valence-electron chi connectivity index (χ2n) is 2.76. The van der Waals surface area contributed by atoms with Crippen LogP contribution >= 0.6 is 0 Å². The second-order valence-corrected chi connectivity index (χ2v) is 2.76. The van der Waals surface area contributed by atoms with Crippen LogP contribution in [0.3, 0.4) is 0 Å². The molecule has 3 N–H and O–H groups in total. The van der Waals surface area contributed by atoms with Crippen molar-refractivity contribution in [1.29, 1.82) is 0 Å². The van der Waals surface area contributed by atoms with E-state index in [0.717, 1.165) is 0 Å². The van der Waals surface area contributed by atoms with E-state index in [4.69, 9.17) is 15.3 Å². The Bertz CT molecular complexity index is 63.1. The maximum absolute atomic E-state index is 8.07. The minimum atomic E-state index is 0. The number of aliphatic hydroxyl groups is 3. The van der Waals surface area contributed by atoms with Crippen LogP contribution in [0, 0.1) is 0 Å². The first kappa shape index (κ1) is 23.5. The van der Waals surface area contributed by atoms with Crippen LogP contribution in [0.1, 0.15) is 14.4 Å². The van der Waals surface area contributed by atoms with Crippen LogP contribution in [0.2, 0.25) is 0 Å². The maximum Gasteiger partial charge on any atom is 0.0951 e. The molecule has 0 aromatic rings. The van der Waals surface area contributed by atoms with Crippen LogP contribution in [0.5, 0.6) is 0 Å². The first-order valence-corrected chi connectivity index (χ1v) is 4.08. The lowest BCUT2D eigenvalue weighted by Crippen LogP contribution is -2.11. The van der Waals surface area contributed by atoms with E-state index in [1.807, 2.05) is 0 Å². The predicted octanol–water partition coefficient (Wildman–Crippen LogP) is -0.370. The van der Waals surface area contributed by atoms with E-state index in [1.165, 1.54) is 0 Å². The molecule has 0 saturated carbocycles. The van der Waals surface area contributed by atoms with Crippen LogP contribution in [-0.4, -0.2) is 73.4 Å². The molecule has 0 amide bonds. The fourth-order valence-corrected chi connectivity index (χ4v) is 0. The molecule has 0 aromatic heterocycles. The van der Waals surface area contributed by atoms with E-state index in [0.29, 0.717) is 0 Å². The van der Waals surface area contributed by atoms with Crippen LogP contribution in [0.4, 0.5) is 0 Å². The van der Waals surface area contributed by atoms with Crippen LogP contribution in [-0.2, 0) is 0 Å². The number of hydrogen-bond acceptors (Lipinski definition) is 5. The second kappa shape index (κ2) is 23.0. The van der Waals surface area contributed by atoms with Crippen molar-refractivity contribution in [3.8, 4) is 0 Å². The zero-order valence-electron chi connectivity index (χ0n) is 9.36. The maximum atomic E-state index is 8.07. The summed E-state index contributed by atoms with van der Waals surface area (Å²) in [5.41, 5.74) is 0. The highest BCUT2D eigenvalue weighted by atomic mass is 16.3. The summed E-state index contributed by atoms with van der Waals surface area (Å²) in [5, 5.41) is 23.7. The molecule has 5 heteroatoms. The molecular weight excluding hydrogens is 184 g/mol. The normalized spacial score (nSPS) is 8.14. The lowest BCUT2D eigenvalue weighted by atomic mass is 10.9. The van der Waals surface area contributed by atoms with Crippen molar-refractivity contribution in [1.82, 2.24) is 9.80 Å². The van der Waals surface area contributed by atoms with E-state index in [9.17, 15) is 0 Å². The summed E-state index contributed by atoms with van der Waals surface area (Å²) in [4.78, 5) is 3.36. The summed E-state index contributed by atoms with van der Waals surface area (Å²) in [6.07, 6.45) is 0. The van der Waals surface area contributed by atoms with Crippen molar-refractivity contribution in [2.75, 3.05) is 48.3 Å². The molecule has 0 unspecified atom stereocenters. The van der Waals surface area contributed by atoms with Gasteiger partial charge in [-0.3, -0.25) is 9.80 Å².